The van der Waals surface area contributed by atoms with Gasteiger partial charge in [0.25, 0.3) is 0 Å². The molecule has 0 fully saturated rings. The average molecular weight is 259 g/mol. The van der Waals surface area contributed by atoms with E-state index in [1.165, 1.54) is 13.2 Å². The highest BCUT2D eigenvalue weighted by Gasteiger charge is 2.12. The first-order valence-corrected chi connectivity index (χ1v) is 3.75. The molecule has 1 unspecified atom stereocenters. The lowest BCUT2D eigenvalue weighted by molar-refractivity contribution is 0.263. The molecule has 1 atom stereocenters. The summed E-state index contributed by atoms with van der Waals surface area (Å²) < 4.78 is 17.6. The maximum absolute atomic E-state index is 12.7. The van der Waals surface area contributed by atoms with Crippen LogP contribution in [0.15, 0.2) is 12.3 Å². The Labute approximate surface area is 99.5 Å². The van der Waals surface area contributed by atoms with Crippen LogP contribution < -0.4 is 10.5 Å². The lowest BCUT2D eigenvalue weighted by Gasteiger charge is -2.11. The molecule has 88 valence electrons. The number of aliphatic hydroxyl groups excluding tert-OH is 1. The fourth-order valence-corrected chi connectivity index (χ4v) is 0.977. The molecule has 1 aromatic heterocycles. The van der Waals surface area contributed by atoms with Gasteiger partial charge in [-0.05, 0) is 6.07 Å². The van der Waals surface area contributed by atoms with Gasteiger partial charge in [-0.1, -0.05) is 0 Å². The molecule has 1 aromatic rings. The van der Waals surface area contributed by atoms with Gasteiger partial charge in [-0.25, -0.2) is 9.37 Å². The molecule has 1 rings (SSSR count). The number of nitrogens with two attached hydrogens (primary N) is 1. The minimum absolute atomic E-state index is 0. The Bertz CT molecular complexity index is 302. The first-order chi connectivity index (χ1) is 6.19. The number of aromatic nitrogens is 1. The molecular weight excluding hydrogens is 246 g/mol. The third-order valence-electron chi connectivity index (χ3n) is 1.63. The molecule has 1 heterocycles. The standard InChI is InChI=1S/C8H11FN2O2.2ClH/c1-13-8-6(7(10)4-12)2-5(9)3-11-8;;/h2-3,7,12H,4,10H2,1H3;2*1H. The Balaban J connectivity index is 0. The van der Waals surface area contributed by atoms with Crippen LogP contribution >= 0.6 is 24.8 Å². The lowest BCUT2D eigenvalue weighted by atomic mass is 10.1. The molecular formula is C8H13Cl2FN2O2. The Morgan fingerprint density at radius 3 is 2.67 bits per heavy atom. The van der Waals surface area contributed by atoms with Crippen LogP contribution in [0.4, 0.5) is 4.39 Å². The number of aliphatic hydroxyl groups is 1. The number of rotatable bonds is 3. The van der Waals surface area contributed by atoms with E-state index in [1.807, 2.05) is 0 Å². The van der Waals surface area contributed by atoms with Crippen molar-refractivity contribution in [3.8, 4) is 5.88 Å². The number of hydrogen-bond acceptors (Lipinski definition) is 4. The monoisotopic (exact) mass is 258 g/mol. The number of methoxy groups -OCH3 is 1. The Kier molecular flexibility index (Phi) is 8.56. The Hall–Kier alpha value is -0.620. The van der Waals surface area contributed by atoms with Gasteiger partial charge in [0.1, 0.15) is 5.82 Å². The van der Waals surface area contributed by atoms with Crippen LogP contribution in [-0.2, 0) is 0 Å². The van der Waals surface area contributed by atoms with Crippen molar-refractivity contribution in [2.75, 3.05) is 13.7 Å². The van der Waals surface area contributed by atoms with Crippen molar-refractivity contribution in [2.24, 2.45) is 5.73 Å². The van der Waals surface area contributed by atoms with Gasteiger partial charge in [0.15, 0.2) is 0 Å². The van der Waals surface area contributed by atoms with Crippen molar-refractivity contribution in [3.63, 3.8) is 0 Å². The van der Waals surface area contributed by atoms with E-state index in [9.17, 15) is 4.39 Å². The van der Waals surface area contributed by atoms with Crippen molar-refractivity contribution in [2.45, 2.75) is 6.04 Å². The zero-order valence-corrected chi connectivity index (χ0v) is 9.65. The lowest BCUT2D eigenvalue weighted by Crippen LogP contribution is -2.16. The fourth-order valence-electron chi connectivity index (χ4n) is 0.977. The van der Waals surface area contributed by atoms with Crippen molar-refractivity contribution in [1.82, 2.24) is 4.98 Å². The number of ether oxygens (including phenoxy) is 1. The molecule has 0 saturated carbocycles. The minimum Gasteiger partial charge on any atom is -0.481 e. The van der Waals surface area contributed by atoms with Gasteiger partial charge in [0.05, 0.1) is 26.0 Å². The highest BCUT2D eigenvalue weighted by Crippen LogP contribution is 2.21. The zero-order chi connectivity index (χ0) is 9.84. The second-order valence-corrected chi connectivity index (χ2v) is 2.54. The summed E-state index contributed by atoms with van der Waals surface area (Å²) in [5, 5.41) is 8.77. The topological polar surface area (TPSA) is 68.4 Å². The van der Waals surface area contributed by atoms with Crippen molar-refractivity contribution in [1.29, 1.82) is 0 Å². The van der Waals surface area contributed by atoms with Gasteiger partial charge >= 0.3 is 0 Å². The summed E-state index contributed by atoms with van der Waals surface area (Å²) in [7, 11) is 1.41. The molecule has 0 saturated heterocycles. The molecule has 4 nitrogen and oxygen atoms in total. The van der Waals surface area contributed by atoms with Gasteiger partial charge < -0.3 is 15.6 Å². The largest absolute Gasteiger partial charge is 0.481 e. The van der Waals surface area contributed by atoms with Crippen LogP contribution in [0.25, 0.3) is 0 Å². The Morgan fingerprint density at radius 2 is 2.20 bits per heavy atom. The Morgan fingerprint density at radius 1 is 1.60 bits per heavy atom. The van der Waals surface area contributed by atoms with Crippen molar-refractivity contribution >= 4 is 24.8 Å². The van der Waals surface area contributed by atoms with Gasteiger partial charge in [0, 0.05) is 5.56 Å². The van der Waals surface area contributed by atoms with E-state index in [1.54, 1.807) is 0 Å². The summed E-state index contributed by atoms with van der Waals surface area (Å²) in [5.74, 6) is -0.261. The molecule has 3 N–H and O–H groups in total. The molecule has 0 spiro atoms. The fraction of sp³-hybridized carbons (Fsp3) is 0.375. The quantitative estimate of drug-likeness (QED) is 0.851. The van der Waals surface area contributed by atoms with Gasteiger partial charge in [-0.15, -0.1) is 24.8 Å². The van der Waals surface area contributed by atoms with Crippen LogP contribution in [0.5, 0.6) is 5.88 Å². The van der Waals surface area contributed by atoms with Gasteiger partial charge in [0.2, 0.25) is 5.88 Å². The molecule has 0 aliphatic carbocycles. The van der Waals surface area contributed by atoms with Gasteiger partial charge in [-0.2, -0.15) is 0 Å². The summed E-state index contributed by atoms with van der Waals surface area (Å²) in [6.07, 6.45) is 1.03. The highest BCUT2D eigenvalue weighted by atomic mass is 35.5. The van der Waals surface area contributed by atoms with E-state index in [-0.39, 0.29) is 37.3 Å². The molecule has 0 bridgehead atoms. The summed E-state index contributed by atoms with van der Waals surface area (Å²) in [5.41, 5.74) is 5.87. The molecule has 7 heteroatoms. The normalized spacial score (nSPS) is 10.9. The maximum Gasteiger partial charge on any atom is 0.218 e. The van der Waals surface area contributed by atoms with Crippen molar-refractivity contribution < 1.29 is 14.2 Å². The van der Waals surface area contributed by atoms with Gasteiger partial charge in [-0.3, -0.25) is 0 Å². The summed E-state index contributed by atoms with van der Waals surface area (Å²) >= 11 is 0. The smallest absolute Gasteiger partial charge is 0.218 e. The zero-order valence-electron chi connectivity index (χ0n) is 8.01. The second-order valence-electron chi connectivity index (χ2n) is 2.54. The van der Waals surface area contributed by atoms with E-state index in [2.05, 4.69) is 4.98 Å². The maximum atomic E-state index is 12.7. The van der Waals surface area contributed by atoms with E-state index < -0.39 is 11.9 Å². The van der Waals surface area contributed by atoms with Crippen LogP contribution in [0, 0.1) is 5.82 Å². The predicted molar refractivity (Wildman–Crippen MR) is 59.3 cm³/mol. The SMILES string of the molecule is COc1ncc(F)cc1C(N)CO.Cl.Cl. The summed E-state index contributed by atoms with van der Waals surface area (Å²) in [4.78, 5) is 3.68. The molecule has 0 aromatic carbocycles. The second kappa shape index (κ2) is 7.64. The summed E-state index contributed by atoms with van der Waals surface area (Å²) in [6.45, 7) is -0.276. The van der Waals surface area contributed by atoms with Crippen LogP contribution in [-0.4, -0.2) is 23.8 Å². The average Bonchev–Trinajstić information content (AvgIpc) is 2.16. The van der Waals surface area contributed by atoms with Crippen LogP contribution in [0.1, 0.15) is 11.6 Å². The third-order valence-corrected chi connectivity index (χ3v) is 1.63. The van der Waals surface area contributed by atoms with Crippen LogP contribution in [0.2, 0.25) is 0 Å². The van der Waals surface area contributed by atoms with Crippen LogP contribution in [0.3, 0.4) is 0 Å². The number of halogens is 3. The van der Waals surface area contributed by atoms with E-state index in [0.717, 1.165) is 6.20 Å². The molecule has 0 aliphatic heterocycles. The van der Waals surface area contributed by atoms with E-state index in [4.69, 9.17) is 15.6 Å². The number of pyridine rings is 1. The number of nitrogens with zero attached hydrogens (tertiary/aromatic N) is 1. The molecule has 0 amide bonds. The highest BCUT2D eigenvalue weighted by molar-refractivity contribution is 5.85. The molecule has 0 aliphatic rings. The minimum atomic E-state index is -0.668. The first kappa shape index (κ1) is 16.8. The van der Waals surface area contributed by atoms with Crippen molar-refractivity contribution in [3.05, 3.63) is 23.6 Å². The molecule has 15 heavy (non-hydrogen) atoms. The predicted octanol–water partition coefficient (Wildman–Crippen LogP) is 1.06. The van der Waals surface area contributed by atoms with E-state index in [0.29, 0.717) is 5.56 Å². The molecule has 0 radical (unpaired) electrons. The van der Waals surface area contributed by atoms with E-state index >= 15 is 0 Å². The first-order valence-electron chi connectivity index (χ1n) is 3.75. The summed E-state index contributed by atoms with van der Waals surface area (Å²) in [6, 6.07) is 0.533. The third kappa shape index (κ3) is 4.17. The number of hydrogen-bond donors (Lipinski definition) is 2.